The van der Waals surface area contributed by atoms with Crippen LogP contribution in [0.2, 0.25) is 0 Å². The number of rotatable bonds is 6. The normalized spacial score (nSPS) is 18.5. The molecule has 0 saturated carbocycles. The summed E-state index contributed by atoms with van der Waals surface area (Å²) >= 11 is 0. The Morgan fingerprint density at radius 1 is 1.36 bits per heavy atom. The lowest BCUT2D eigenvalue weighted by molar-refractivity contribution is -0.00845. The minimum atomic E-state index is -2.95. The van der Waals surface area contributed by atoms with E-state index in [1.54, 1.807) is 7.05 Å². The molecule has 0 radical (unpaired) electrons. The van der Waals surface area contributed by atoms with E-state index >= 15 is 0 Å². The summed E-state index contributed by atoms with van der Waals surface area (Å²) in [5.74, 6) is 1.04. The van der Waals surface area contributed by atoms with Gasteiger partial charge in [0.1, 0.15) is 15.9 Å². The lowest BCUT2D eigenvalue weighted by Gasteiger charge is -2.37. The molecule has 2 rings (SSSR count). The summed E-state index contributed by atoms with van der Waals surface area (Å²) < 4.78 is 28.9. The summed E-state index contributed by atoms with van der Waals surface area (Å²) in [7, 11) is -1.17. The molecule has 1 aliphatic rings. The van der Waals surface area contributed by atoms with Crippen molar-refractivity contribution in [2.75, 3.05) is 45.3 Å². The van der Waals surface area contributed by atoms with Crippen LogP contribution < -0.4 is 5.32 Å². The first-order valence-corrected chi connectivity index (χ1v) is 11.5. The summed E-state index contributed by atoms with van der Waals surface area (Å²) in [5.41, 5.74) is 2.31. The third-order valence-corrected chi connectivity index (χ3v) is 5.93. The fourth-order valence-electron chi connectivity index (χ4n) is 3.18. The Kier molecular flexibility index (Phi) is 9.69. The number of aryl methyl sites for hydroxylation is 1. The monoisotopic (exact) mass is 523 g/mol. The van der Waals surface area contributed by atoms with Crippen LogP contribution in [0.1, 0.15) is 37.5 Å². The number of hydrogen-bond donors (Lipinski definition) is 1. The SMILES string of the molecule is CN=C(NCC(C)(C)CCS(C)(=O)=O)N1CCOC(c2ccccc2C)C1.I. The van der Waals surface area contributed by atoms with Crippen LogP contribution in [0.5, 0.6) is 0 Å². The Hall–Kier alpha value is -0.870. The number of guanidine groups is 1. The Morgan fingerprint density at radius 2 is 2.04 bits per heavy atom. The Balaban J connectivity index is 0.00000392. The van der Waals surface area contributed by atoms with Crippen LogP contribution in [0.15, 0.2) is 29.3 Å². The van der Waals surface area contributed by atoms with Crippen molar-refractivity contribution in [2.45, 2.75) is 33.3 Å². The van der Waals surface area contributed by atoms with Crippen LogP contribution in [-0.4, -0.2) is 64.6 Å². The number of hydrogen-bond acceptors (Lipinski definition) is 4. The molecule has 28 heavy (non-hydrogen) atoms. The standard InChI is InChI=1S/C20H33N3O3S.HI/c1-16-8-6-7-9-17(16)18-14-23(11-12-26-18)19(21-4)22-15-20(2,3)10-13-27(5,24)25;/h6-9,18H,10-15H2,1-5H3,(H,21,22);1H. The summed E-state index contributed by atoms with van der Waals surface area (Å²) in [6, 6.07) is 8.31. The van der Waals surface area contributed by atoms with Crippen molar-refractivity contribution in [3.63, 3.8) is 0 Å². The van der Waals surface area contributed by atoms with Crippen LogP contribution in [0.3, 0.4) is 0 Å². The predicted molar refractivity (Wildman–Crippen MR) is 126 cm³/mol. The average Bonchev–Trinajstić information content (AvgIpc) is 2.61. The molecule has 6 nitrogen and oxygen atoms in total. The van der Waals surface area contributed by atoms with Crippen molar-refractivity contribution < 1.29 is 13.2 Å². The first-order valence-electron chi connectivity index (χ1n) is 9.42. The second-order valence-electron chi connectivity index (χ2n) is 8.11. The zero-order chi connectivity index (χ0) is 20.1. The zero-order valence-corrected chi connectivity index (χ0v) is 20.7. The number of benzene rings is 1. The van der Waals surface area contributed by atoms with E-state index in [1.807, 2.05) is 12.1 Å². The van der Waals surface area contributed by atoms with Gasteiger partial charge in [-0.1, -0.05) is 38.1 Å². The van der Waals surface area contributed by atoms with E-state index in [1.165, 1.54) is 17.4 Å². The van der Waals surface area contributed by atoms with Crippen molar-refractivity contribution in [3.05, 3.63) is 35.4 Å². The minimum absolute atomic E-state index is 0. The van der Waals surface area contributed by atoms with E-state index in [-0.39, 0.29) is 41.2 Å². The fourth-order valence-corrected chi connectivity index (χ4v) is 4.10. The third kappa shape index (κ3) is 7.87. The van der Waals surface area contributed by atoms with Gasteiger partial charge in [0.2, 0.25) is 0 Å². The van der Waals surface area contributed by atoms with Gasteiger partial charge in [0.05, 0.1) is 18.9 Å². The van der Waals surface area contributed by atoms with E-state index in [0.29, 0.717) is 19.6 Å². The van der Waals surface area contributed by atoms with E-state index in [2.05, 4.69) is 48.1 Å². The van der Waals surface area contributed by atoms with Gasteiger partial charge in [-0.15, -0.1) is 24.0 Å². The molecule has 0 aliphatic carbocycles. The third-order valence-electron chi connectivity index (χ3n) is 4.99. The molecule has 1 unspecified atom stereocenters. The lowest BCUT2D eigenvalue weighted by Crippen LogP contribution is -2.50. The van der Waals surface area contributed by atoms with Crippen LogP contribution in [0.4, 0.5) is 0 Å². The Morgan fingerprint density at radius 3 is 2.64 bits per heavy atom. The van der Waals surface area contributed by atoms with Gasteiger partial charge in [-0.2, -0.15) is 0 Å². The van der Waals surface area contributed by atoms with Gasteiger partial charge in [-0.25, -0.2) is 8.42 Å². The maximum absolute atomic E-state index is 11.5. The summed E-state index contributed by atoms with van der Waals surface area (Å²) in [4.78, 5) is 6.65. The molecule has 1 N–H and O–H groups in total. The van der Waals surface area contributed by atoms with Crippen LogP contribution in [-0.2, 0) is 14.6 Å². The van der Waals surface area contributed by atoms with Crippen molar-refractivity contribution >= 4 is 39.8 Å². The molecule has 1 aromatic carbocycles. The largest absolute Gasteiger partial charge is 0.370 e. The van der Waals surface area contributed by atoms with E-state index in [4.69, 9.17) is 4.74 Å². The van der Waals surface area contributed by atoms with Gasteiger partial charge >= 0.3 is 0 Å². The van der Waals surface area contributed by atoms with Gasteiger partial charge < -0.3 is 15.0 Å². The topological polar surface area (TPSA) is 71.0 Å². The van der Waals surface area contributed by atoms with Crippen LogP contribution in [0.25, 0.3) is 0 Å². The number of nitrogens with zero attached hydrogens (tertiary/aromatic N) is 2. The van der Waals surface area contributed by atoms with E-state index in [9.17, 15) is 8.42 Å². The second-order valence-corrected chi connectivity index (χ2v) is 10.4. The number of nitrogens with one attached hydrogen (secondary N) is 1. The smallest absolute Gasteiger partial charge is 0.193 e. The summed E-state index contributed by atoms with van der Waals surface area (Å²) in [6.45, 7) is 9.11. The number of aliphatic imine (C=N–C) groups is 1. The number of halogens is 1. The average molecular weight is 523 g/mol. The second kappa shape index (κ2) is 10.8. The summed E-state index contributed by atoms with van der Waals surface area (Å²) in [6.07, 6.45) is 1.93. The molecule has 8 heteroatoms. The molecule has 1 atom stereocenters. The number of ether oxygens (including phenoxy) is 1. The highest BCUT2D eigenvalue weighted by Crippen LogP contribution is 2.25. The molecule has 1 fully saturated rings. The quantitative estimate of drug-likeness (QED) is 0.353. The molecule has 1 saturated heterocycles. The van der Waals surface area contributed by atoms with Gasteiger partial charge in [-0.05, 0) is 29.9 Å². The maximum Gasteiger partial charge on any atom is 0.193 e. The molecule has 0 spiro atoms. The highest BCUT2D eigenvalue weighted by atomic mass is 127. The Bertz CT molecular complexity index is 766. The highest BCUT2D eigenvalue weighted by Gasteiger charge is 2.27. The highest BCUT2D eigenvalue weighted by molar-refractivity contribution is 14.0. The first-order chi connectivity index (χ1) is 12.6. The molecule has 1 aliphatic heterocycles. The predicted octanol–water partition coefficient (Wildman–Crippen LogP) is 3.02. The van der Waals surface area contributed by atoms with Crippen molar-refractivity contribution in [3.8, 4) is 0 Å². The zero-order valence-electron chi connectivity index (χ0n) is 17.6. The minimum Gasteiger partial charge on any atom is -0.370 e. The van der Waals surface area contributed by atoms with Gasteiger partial charge in [-0.3, -0.25) is 4.99 Å². The Labute approximate surface area is 187 Å². The molecule has 0 amide bonds. The molecular formula is C20H34IN3O3S. The molecule has 0 bridgehead atoms. The van der Waals surface area contributed by atoms with Gasteiger partial charge in [0, 0.05) is 26.4 Å². The molecule has 160 valence electrons. The van der Waals surface area contributed by atoms with Crippen LogP contribution in [0, 0.1) is 12.3 Å². The molecule has 1 heterocycles. The van der Waals surface area contributed by atoms with Crippen molar-refractivity contribution in [2.24, 2.45) is 10.4 Å². The van der Waals surface area contributed by atoms with Crippen LogP contribution >= 0.6 is 24.0 Å². The fraction of sp³-hybridized carbons (Fsp3) is 0.650. The van der Waals surface area contributed by atoms with Crippen molar-refractivity contribution in [1.29, 1.82) is 0 Å². The number of morpholine rings is 1. The van der Waals surface area contributed by atoms with Gasteiger partial charge in [0.25, 0.3) is 0 Å². The number of sulfone groups is 1. The van der Waals surface area contributed by atoms with Crippen molar-refractivity contribution in [1.82, 2.24) is 10.2 Å². The molecule has 1 aromatic rings. The molecule has 0 aromatic heterocycles. The first kappa shape index (κ1) is 25.2. The van der Waals surface area contributed by atoms with E-state index < -0.39 is 9.84 Å². The maximum atomic E-state index is 11.5. The van der Waals surface area contributed by atoms with Gasteiger partial charge in [0.15, 0.2) is 5.96 Å². The summed E-state index contributed by atoms with van der Waals surface area (Å²) in [5, 5.41) is 3.43. The molecular weight excluding hydrogens is 489 g/mol. The van der Waals surface area contributed by atoms with E-state index in [0.717, 1.165) is 19.0 Å². The lowest BCUT2D eigenvalue weighted by atomic mass is 9.90.